The molecule has 0 radical (unpaired) electrons. The van der Waals surface area contributed by atoms with Gasteiger partial charge in [-0.05, 0) is 6.42 Å². The molecule has 0 aliphatic rings. The molecule has 0 fully saturated rings. The van der Waals surface area contributed by atoms with Crippen LogP contribution in [0.4, 0.5) is 0 Å². The molecule has 0 N–H and O–H groups in total. The van der Waals surface area contributed by atoms with Crippen molar-refractivity contribution in [3.05, 3.63) is 0 Å². The van der Waals surface area contributed by atoms with Crippen molar-refractivity contribution in [3.8, 4) is 0 Å². The van der Waals surface area contributed by atoms with Crippen LogP contribution in [-0.4, -0.2) is 11.9 Å². The van der Waals surface area contributed by atoms with Crippen LogP contribution in [0.15, 0.2) is 0 Å². The maximum absolute atomic E-state index is 9.83. The normalized spacial score (nSPS) is 11.3. The van der Waals surface area contributed by atoms with Crippen LogP contribution in [0.1, 0.15) is 14.8 Å². The van der Waals surface area contributed by atoms with Crippen LogP contribution in [0.2, 0.25) is 0 Å². The van der Waals surface area contributed by atoms with Crippen molar-refractivity contribution in [3.63, 3.8) is 0 Å². The largest absolute Gasteiger partial charge is 1.00 e. The van der Waals surface area contributed by atoms with Crippen molar-refractivity contribution in [2.24, 2.45) is 5.92 Å². The van der Waals surface area contributed by atoms with E-state index in [1.807, 2.05) is 0 Å². The van der Waals surface area contributed by atoms with Gasteiger partial charge in [0.1, 0.15) is 0 Å². The Labute approximate surface area is 82.0 Å². The third-order valence-corrected chi connectivity index (χ3v) is 0.875. The zero-order valence-electron chi connectivity index (χ0n) is 6.92. The summed E-state index contributed by atoms with van der Waals surface area (Å²) in [4.78, 5) is 19.5. The minimum atomic E-state index is -1.37. The monoisotopic (exact) mass is 154 g/mol. The van der Waals surface area contributed by atoms with E-state index in [2.05, 4.69) is 0 Å². The van der Waals surface area contributed by atoms with E-state index in [0.29, 0.717) is 0 Å². The standard InChI is InChI=1S/C5H8O4.Na/c1-3(5(8)9)2-4(6)7;/h3H,2H2,1H3,(H,6,7)(H,8,9);/q;+1/p-1. The summed E-state index contributed by atoms with van der Waals surface area (Å²) in [6, 6.07) is 0. The van der Waals surface area contributed by atoms with Gasteiger partial charge in [-0.2, -0.15) is 0 Å². The third kappa shape index (κ3) is 6.07. The molecule has 0 aromatic rings. The van der Waals surface area contributed by atoms with Crippen molar-refractivity contribution >= 4 is 11.9 Å². The molecule has 0 saturated heterocycles. The van der Waals surface area contributed by atoms with Gasteiger partial charge in [0, 0.05) is 17.9 Å². The SMILES string of the molecule is CC(CC(=O)[O-])C(=O)[O-].[H+].[Na+]. The molecule has 0 amide bonds. The first-order valence-electron chi connectivity index (χ1n) is 2.44. The predicted octanol–water partition coefficient (Wildman–Crippen LogP) is -5.37. The van der Waals surface area contributed by atoms with Gasteiger partial charge in [-0.25, -0.2) is 0 Å². The summed E-state index contributed by atoms with van der Waals surface area (Å²) in [7, 11) is 0. The Morgan fingerprint density at radius 3 is 2.00 bits per heavy atom. The van der Waals surface area contributed by atoms with E-state index in [1.54, 1.807) is 0 Å². The summed E-state index contributed by atoms with van der Waals surface area (Å²) in [5, 5.41) is 19.5. The Morgan fingerprint density at radius 1 is 1.50 bits per heavy atom. The topological polar surface area (TPSA) is 80.3 Å². The fourth-order valence-corrected chi connectivity index (χ4v) is 0.333. The Kier molecular flexibility index (Phi) is 7.19. The number of carboxylic acids is 2. The first-order chi connectivity index (χ1) is 4.04. The van der Waals surface area contributed by atoms with Gasteiger partial charge in [0.15, 0.2) is 0 Å². The van der Waals surface area contributed by atoms with Gasteiger partial charge in [0.25, 0.3) is 0 Å². The van der Waals surface area contributed by atoms with Crippen LogP contribution < -0.4 is 39.8 Å². The molecule has 10 heavy (non-hydrogen) atoms. The number of hydrogen-bond acceptors (Lipinski definition) is 4. The number of carbonyl (C=O) groups is 2. The molecule has 0 heterocycles. The summed E-state index contributed by atoms with van der Waals surface area (Å²) < 4.78 is 0. The maximum Gasteiger partial charge on any atom is 1.00 e. The van der Waals surface area contributed by atoms with Crippen LogP contribution in [0, 0.1) is 5.92 Å². The molecule has 0 rings (SSSR count). The summed E-state index contributed by atoms with van der Waals surface area (Å²) in [5.41, 5.74) is 0. The molecule has 0 aromatic carbocycles. The molecular formula is C5H7NaO4. The minimum Gasteiger partial charge on any atom is -0.550 e. The van der Waals surface area contributed by atoms with Gasteiger partial charge < -0.3 is 19.8 Å². The van der Waals surface area contributed by atoms with E-state index in [9.17, 15) is 19.8 Å². The Morgan fingerprint density at radius 2 is 1.90 bits per heavy atom. The molecule has 5 heteroatoms. The number of hydrogen-bond donors (Lipinski definition) is 0. The number of carboxylic acid groups (broad SMARTS) is 2. The molecule has 1 unspecified atom stereocenters. The molecule has 52 valence electrons. The second kappa shape index (κ2) is 5.70. The van der Waals surface area contributed by atoms with E-state index < -0.39 is 24.3 Å². The maximum atomic E-state index is 9.83. The van der Waals surface area contributed by atoms with Crippen molar-refractivity contribution in [1.82, 2.24) is 0 Å². The van der Waals surface area contributed by atoms with Crippen LogP contribution in [0.3, 0.4) is 0 Å². The van der Waals surface area contributed by atoms with Gasteiger partial charge in [0.2, 0.25) is 0 Å². The predicted molar refractivity (Wildman–Crippen MR) is 24.9 cm³/mol. The van der Waals surface area contributed by atoms with Gasteiger partial charge in [-0.1, -0.05) is 6.92 Å². The van der Waals surface area contributed by atoms with Crippen molar-refractivity contribution in [1.29, 1.82) is 0 Å². The second-order valence-electron chi connectivity index (χ2n) is 1.80. The Hall–Kier alpha value is -0.0600. The fraction of sp³-hybridized carbons (Fsp3) is 0.600. The van der Waals surface area contributed by atoms with Gasteiger partial charge in [-0.3, -0.25) is 0 Å². The number of rotatable bonds is 3. The van der Waals surface area contributed by atoms with Crippen molar-refractivity contribution in [2.75, 3.05) is 0 Å². The fourth-order valence-electron chi connectivity index (χ4n) is 0.333. The first kappa shape index (κ1) is 12.6. The zero-order chi connectivity index (χ0) is 7.44. The zero-order valence-corrected chi connectivity index (χ0v) is 7.92. The van der Waals surface area contributed by atoms with E-state index >= 15 is 0 Å². The Balaban J connectivity index is -0.000000320. The van der Waals surface area contributed by atoms with Gasteiger partial charge >= 0.3 is 31.0 Å². The number of carbonyl (C=O) groups excluding carboxylic acids is 2. The van der Waals surface area contributed by atoms with Gasteiger partial charge in [0.05, 0.1) is 0 Å². The molecule has 0 bridgehead atoms. The molecule has 0 spiro atoms. The minimum absolute atomic E-state index is 0. The molecule has 0 saturated carbocycles. The van der Waals surface area contributed by atoms with Gasteiger partial charge in [-0.15, -0.1) is 0 Å². The summed E-state index contributed by atoms with van der Waals surface area (Å²) in [6.45, 7) is 1.26. The van der Waals surface area contributed by atoms with E-state index in [1.165, 1.54) is 6.92 Å². The molecule has 0 aliphatic carbocycles. The van der Waals surface area contributed by atoms with Crippen LogP contribution in [0.5, 0.6) is 0 Å². The first-order valence-corrected chi connectivity index (χ1v) is 2.44. The average Bonchev–Trinajstić information content (AvgIpc) is 1.63. The summed E-state index contributed by atoms with van der Waals surface area (Å²) >= 11 is 0. The number of aliphatic carboxylic acids is 2. The van der Waals surface area contributed by atoms with Crippen LogP contribution >= 0.6 is 0 Å². The van der Waals surface area contributed by atoms with Crippen molar-refractivity contribution < 1.29 is 50.8 Å². The summed E-state index contributed by atoms with van der Waals surface area (Å²) in [6.07, 6.45) is -0.484. The third-order valence-electron chi connectivity index (χ3n) is 0.875. The molecular weight excluding hydrogens is 147 g/mol. The second-order valence-corrected chi connectivity index (χ2v) is 1.80. The molecule has 4 nitrogen and oxygen atoms in total. The quantitative estimate of drug-likeness (QED) is 0.380. The molecule has 0 aromatic heterocycles. The molecule has 1 atom stereocenters. The van der Waals surface area contributed by atoms with Crippen LogP contribution in [0.25, 0.3) is 0 Å². The Bertz CT molecular complexity index is 138. The van der Waals surface area contributed by atoms with Crippen molar-refractivity contribution in [2.45, 2.75) is 13.3 Å². The van der Waals surface area contributed by atoms with Crippen LogP contribution in [-0.2, 0) is 9.59 Å². The molecule has 0 aliphatic heterocycles. The summed E-state index contributed by atoms with van der Waals surface area (Å²) in [5.74, 6) is -3.69. The smallest absolute Gasteiger partial charge is 0.550 e. The van der Waals surface area contributed by atoms with E-state index in [0.717, 1.165) is 0 Å². The van der Waals surface area contributed by atoms with E-state index in [4.69, 9.17) is 0 Å². The average molecular weight is 154 g/mol. The van der Waals surface area contributed by atoms with E-state index in [-0.39, 0.29) is 31.0 Å².